The minimum absolute atomic E-state index is 0.249. The maximum absolute atomic E-state index is 5.70. The highest BCUT2D eigenvalue weighted by Crippen LogP contribution is 2.09. The number of rotatable bonds is 5. The zero-order chi connectivity index (χ0) is 12.3. The molecule has 0 fully saturated rings. The van der Waals surface area contributed by atoms with E-state index in [-0.39, 0.29) is 6.04 Å². The molecule has 2 aromatic rings. The van der Waals surface area contributed by atoms with Crippen LogP contribution in [0.3, 0.4) is 0 Å². The largest absolute Gasteiger partial charge is 0.349 e. The quantitative estimate of drug-likeness (QED) is 0.822. The minimum Gasteiger partial charge on any atom is -0.349 e. The molecule has 0 amide bonds. The Balaban J connectivity index is 2.18. The second-order valence-electron chi connectivity index (χ2n) is 4.31. The van der Waals surface area contributed by atoms with Crippen molar-refractivity contribution < 1.29 is 0 Å². The van der Waals surface area contributed by atoms with Gasteiger partial charge < -0.3 is 11.1 Å². The number of nitrogens with one attached hydrogen (secondary N) is 1. The Morgan fingerprint density at radius 1 is 1.47 bits per heavy atom. The molecule has 0 bridgehead atoms. The lowest BCUT2D eigenvalue weighted by Gasteiger charge is -2.13. The Kier molecular flexibility index (Phi) is 3.58. The molecule has 92 valence electrons. The average Bonchev–Trinajstić information content (AvgIpc) is 2.69. The van der Waals surface area contributed by atoms with Gasteiger partial charge in [0.2, 0.25) is 5.95 Å². The first-order valence-corrected chi connectivity index (χ1v) is 6.02. The van der Waals surface area contributed by atoms with Gasteiger partial charge in [0.05, 0.1) is 0 Å². The average molecular weight is 233 g/mol. The molecule has 0 saturated carbocycles. The maximum Gasteiger partial charge on any atom is 0.243 e. The molecular formula is C12H19N5. The molecule has 17 heavy (non-hydrogen) atoms. The summed E-state index contributed by atoms with van der Waals surface area (Å²) in [5.74, 6) is 0.652. The van der Waals surface area contributed by atoms with Crippen molar-refractivity contribution in [2.24, 2.45) is 5.73 Å². The van der Waals surface area contributed by atoms with E-state index in [4.69, 9.17) is 5.73 Å². The van der Waals surface area contributed by atoms with Gasteiger partial charge >= 0.3 is 0 Å². The maximum atomic E-state index is 5.70. The van der Waals surface area contributed by atoms with Crippen molar-refractivity contribution in [2.75, 3.05) is 11.9 Å². The fourth-order valence-electron chi connectivity index (χ4n) is 1.83. The van der Waals surface area contributed by atoms with Gasteiger partial charge in [0.15, 0.2) is 5.65 Å². The number of fused-ring (bicyclic) bond motifs is 1. The molecule has 1 unspecified atom stereocenters. The molecule has 0 aliphatic rings. The smallest absolute Gasteiger partial charge is 0.243 e. The molecule has 0 aliphatic carbocycles. The van der Waals surface area contributed by atoms with Crippen molar-refractivity contribution in [2.45, 2.75) is 32.7 Å². The third-order valence-corrected chi connectivity index (χ3v) is 2.73. The third-order valence-electron chi connectivity index (χ3n) is 2.73. The van der Waals surface area contributed by atoms with E-state index >= 15 is 0 Å². The zero-order valence-corrected chi connectivity index (χ0v) is 10.3. The lowest BCUT2D eigenvalue weighted by Crippen LogP contribution is -2.29. The van der Waals surface area contributed by atoms with E-state index in [9.17, 15) is 0 Å². The van der Waals surface area contributed by atoms with Gasteiger partial charge in [-0.25, -0.2) is 4.52 Å². The molecule has 5 heteroatoms. The lowest BCUT2D eigenvalue weighted by molar-refractivity contribution is 0.642. The van der Waals surface area contributed by atoms with Gasteiger partial charge in [-0.15, -0.1) is 5.10 Å². The highest BCUT2D eigenvalue weighted by atomic mass is 15.3. The highest BCUT2D eigenvalue weighted by Gasteiger charge is 2.09. The summed E-state index contributed by atoms with van der Waals surface area (Å²) in [6.07, 6.45) is 4.09. The number of hydrogen-bond donors (Lipinski definition) is 2. The van der Waals surface area contributed by atoms with Crippen molar-refractivity contribution in [1.82, 2.24) is 14.6 Å². The minimum atomic E-state index is 0.249. The Bertz CT molecular complexity index is 491. The van der Waals surface area contributed by atoms with Crippen LogP contribution in [0.15, 0.2) is 18.3 Å². The summed E-state index contributed by atoms with van der Waals surface area (Å²) in [5.41, 5.74) is 7.72. The second-order valence-corrected chi connectivity index (χ2v) is 4.31. The molecule has 5 nitrogen and oxygen atoms in total. The SMILES string of the molecule is CCCC(CN)Nc1nc2ccc(C)cn2n1. The number of nitrogens with two attached hydrogens (primary N) is 1. The van der Waals surface area contributed by atoms with Crippen molar-refractivity contribution in [1.29, 1.82) is 0 Å². The number of aromatic nitrogens is 3. The van der Waals surface area contributed by atoms with E-state index in [0.717, 1.165) is 24.1 Å². The van der Waals surface area contributed by atoms with Crippen LogP contribution in [0.4, 0.5) is 5.95 Å². The van der Waals surface area contributed by atoms with Crippen molar-refractivity contribution in [3.05, 3.63) is 23.9 Å². The summed E-state index contributed by atoms with van der Waals surface area (Å²) in [5, 5.41) is 7.65. The Morgan fingerprint density at radius 2 is 2.29 bits per heavy atom. The summed E-state index contributed by atoms with van der Waals surface area (Å²) < 4.78 is 1.79. The number of anilines is 1. The van der Waals surface area contributed by atoms with Gasteiger partial charge in [-0.3, -0.25) is 0 Å². The first-order chi connectivity index (χ1) is 8.22. The topological polar surface area (TPSA) is 68.2 Å². The summed E-state index contributed by atoms with van der Waals surface area (Å²) in [4.78, 5) is 4.41. The van der Waals surface area contributed by atoms with E-state index in [1.54, 1.807) is 4.52 Å². The fourth-order valence-corrected chi connectivity index (χ4v) is 1.83. The van der Waals surface area contributed by atoms with Gasteiger partial charge in [-0.05, 0) is 25.0 Å². The Labute approximate surface area is 101 Å². The predicted octanol–water partition coefficient (Wildman–Crippen LogP) is 1.58. The van der Waals surface area contributed by atoms with E-state index in [1.807, 2.05) is 25.3 Å². The lowest BCUT2D eigenvalue weighted by atomic mass is 10.2. The molecule has 0 aromatic carbocycles. The standard InChI is InChI=1S/C12H19N5/c1-3-4-10(7-13)14-12-15-11-6-5-9(2)8-17(11)16-12/h5-6,8,10H,3-4,7,13H2,1-2H3,(H,14,16). The van der Waals surface area contributed by atoms with Gasteiger partial charge in [0, 0.05) is 18.8 Å². The van der Waals surface area contributed by atoms with E-state index in [2.05, 4.69) is 22.3 Å². The Hall–Kier alpha value is -1.62. The molecule has 0 aliphatic heterocycles. The van der Waals surface area contributed by atoms with Crippen molar-refractivity contribution in [3.8, 4) is 0 Å². The van der Waals surface area contributed by atoms with Crippen LogP contribution in [0.25, 0.3) is 5.65 Å². The van der Waals surface area contributed by atoms with E-state index in [0.29, 0.717) is 12.5 Å². The van der Waals surface area contributed by atoms with Crippen LogP contribution in [0.5, 0.6) is 0 Å². The number of aryl methyl sites for hydroxylation is 1. The van der Waals surface area contributed by atoms with Crippen LogP contribution in [0.2, 0.25) is 0 Å². The molecule has 2 aromatic heterocycles. The van der Waals surface area contributed by atoms with Gasteiger partial charge in [-0.1, -0.05) is 19.4 Å². The van der Waals surface area contributed by atoms with Crippen LogP contribution in [-0.4, -0.2) is 27.2 Å². The molecule has 2 heterocycles. The molecule has 0 saturated heterocycles. The van der Waals surface area contributed by atoms with Crippen LogP contribution < -0.4 is 11.1 Å². The van der Waals surface area contributed by atoms with Gasteiger partial charge in [0.1, 0.15) is 0 Å². The van der Waals surface area contributed by atoms with Crippen LogP contribution in [0, 0.1) is 6.92 Å². The van der Waals surface area contributed by atoms with Crippen molar-refractivity contribution >= 4 is 11.6 Å². The first kappa shape index (κ1) is 11.9. The summed E-state index contributed by atoms with van der Waals surface area (Å²) in [7, 11) is 0. The summed E-state index contributed by atoms with van der Waals surface area (Å²) in [6.45, 7) is 4.78. The third kappa shape index (κ3) is 2.74. The zero-order valence-electron chi connectivity index (χ0n) is 10.3. The molecule has 1 atom stereocenters. The normalized spacial score (nSPS) is 12.9. The predicted molar refractivity (Wildman–Crippen MR) is 69.1 cm³/mol. The summed E-state index contributed by atoms with van der Waals surface area (Å²) >= 11 is 0. The molecule has 0 spiro atoms. The number of nitrogens with zero attached hydrogens (tertiary/aromatic N) is 3. The molecule has 0 radical (unpaired) electrons. The van der Waals surface area contributed by atoms with Crippen molar-refractivity contribution in [3.63, 3.8) is 0 Å². The Morgan fingerprint density at radius 3 is 3.00 bits per heavy atom. The van der Waals surface area contributed by atoms with E-state index < -0.39 is 0 Å². The van der Waals surface area contributed by atoms with E-state index in [1.165, 1.54) is 0 Å². The highest BCUT2D eigenvalue weighted by molar-refractivity contribution is 5.44. The first-order valence-electron chi connectivity index (χ1n) is 6.02. The molecular weight excluding hydrogens is 214 g/mol. The molecule has 3 N–H and O–H groups in total. The fraction of sp³-hybridized carbons (Fsp3) is 0.500. The monoisotopic (exact) mass is 233 g/mol. The summed E-state index contributed by atoms with van der Waals surface area (Å²) in [6, 6.07) is 4.24. The molecule has 2 rings (SSSR count). The van der Waals surface area contributed by atoms with Crippen LogP contribution in [0.1, 0.15) is 25.3 Å². The number of pyridine rings is 1. The van der Waals surface area contributed by atoms with Crippen LogP contribution >= 0.6 is 0 Å². The van der Waals surface area contributed by atoms with Crippen LogP contribution in [-0.2, 0) is 0 Å². The van der Waals surface area contributed by atoms with Gasteiger partial charge in [0.25, 0.3) is 0 Å². The second kappa shape index (κ2) is 5.14. The number of hydrogen-bond acceptors (Lipinski definition) is 4. The van der Waals surface area contributed by atoms with Gasteiger partial charge in [-0.2, -0.15) is 4.98 Å².